The van der Waals surface area contributed by atoms with E-state index in [2.05, 4.69) is 10.6 Å². The maximum atomic E-state index is 5.36. The van der Waals surface area contributed by atoms with Gasteiger partial charge in [0.05, 0.1) is 0 Å². The summed E-state index contributed by atoms with van der Waals surface area (Å²) in [6.07, 6.45) is 6.55. The molecule has 1 fully saturated rings. The van der Waals surface area contributed by atoms with Gasteiger partial charge in [0, 0.05) is 19.1 Å². The van der Waals surface area contributed by atoms with Crippen LogP contribution in [0.5, 0.6) is 0 Å². The van der Waals surface area contributed by atoms with Gasteiger partial charge < -0.3 is 16.4 Å². The van der Waals surface area contributed by atoms with Crippen LogP contribution in [0.3, 0.4) is 0 Å². The first kappa shape index (κ1) is 18.0. The van der Waals surface area contributed by atoms with Crippen LogP contribution in [0.2, 0.25) is 0 Å². The van der Waals surface area contributed by atoms with E-state index in [1.807, 2.05) is 0 Å². The molecule has 1 aliphatic carbocycles. The maximum absolute atomic E-state index is 5.36. The number of nitrogens with two attached hydrogens (primary N) is 1. The maximum Gasteiger partial charge on any atom is 2.00 e. The molecule has 0 saturated heterocycles. The summed E-state index contributed by atoms with van der Waals surface area (Å²) in [5.74, 6) is 0. The molecule has 4 N–H and O–H groups in total. The molecule has 0 radical (unpaired) electrons. The van der Waals surface area contributed by atoms with Gasteiger partial charge in [0.2, 0.25) is 0 Å². The molecule has 3 nitrogen and oxygen atoms in total. The SMILES string of the molecule is Cl.NCCNC(=S)NC1CCCCC1.[Pt+2]. The zero-order valence-corrected chi connectivity index (χ0v) is 12.6. The predicted octanol–water partition coefficient (Wildman–Crippen LogP) is 1.16. The molecule has 0 aromatic heterocycles. The molecule has 0 heterocycles. The van der Waals surface area contributed by atoms with Crippen LogP contribution in [-0.4, -0.2) is 24.2 Å². The third-order valence-corrected chi connectivity index (χ3v) is 2.63. The number of hydrogen-bond acceptors (Lipinski definition) is 2. The second-order valence-electron chi connectivity index (χ2n) is 3.52. The molecule has 0 aromatic rings. The molecule has 15 heavy (non-hydrogen) atoms. The Kier molecular flexibility index (Phi) is 13.4. The summed E-state index contributed by atoms with van der Waals surface area (Å²) < 4.78 is 0. The molecule has 0 aromatic carbocycles. The molecule has 1 rings (SSSR count). The van der Waals surface area contributed by atoms with E-state index in [-0.39, 0.29) is 33.5 Å². The second kappa shape index (κ2) is 11.1. The Morgan fingerprint density at radius 1 is 1.27 bits per heavy atom. The topological polar surface area (TPSA) is 50.1 Å². The van der Waals surface area contributed by atoms with E-state index in [1.165, 1.54) is 32.1 Å². The van der Waals surface area contributed by atoms with Gasteiger partial charge in [0.1, 0.15) is 0 Å². The van der Waals surface area contributed by atoms with Gasteiger partial charge in [-0.2, -0.15) is 0 Å². The summed E-state index contributed by atoms with van der Waals surface area (Å²) in [6, 6.07) is 0.589. The Labute approximate surface area is 118 Å². The van der Waals surface area contributed by atoms with Crippen molar-refractivity contribution < 1.29 is 21.1 Å². The van der Waals surface area contributed by atoms with Gasteiger partial charge >= 0.3 is 21.1 Å². The van der Waals surface area contributed by atoms with E-state index in [4.69, 9.17) is 18.0 Å². The Hall–Kier alpha value is 0.628. The first-order chi connectivity index (χ1) is 6.33. The average molecular weight is 433 g/mol. The van der Waals surface area contributed by atoms with Crippen molar-refractivity contribution in [3.63, 3.8) is 0 Å². The Bertz CT molecular complexity index is 165. The van der Waals surface area contributed by atoms with E-state index in [1.54, 1.807) is 0 Å². The molecule has 6 heteroatoms. The van der Waals surface area contributed by atoms with Gasteiger partial charge in [-0.3, -0.25) is 0 Å². The number of rotatable bonds is 3. The monoisotopic (exact) mass is 432 g/mol. The van der Waals surface area contributed by atoms with Crippen molar-refractivity contribution in [3.8, 4) is 0 Å². The smallest absolute Gasteiger partial charge is 0.361 e. The second-order valence-corrected chi connectivity index (χ2v) is 3.93. The van der Waals surface area contributed by atoms with Crippen molar-refractivity contribution in [2.45, 2.75) is 38.1 Å². The number of nitrogens with one attached hydrogen (secondary N) is 2. The molecule has 1 saturated carbocycles. The summed E-state index contributed by atoms with van der Waals surface area (Å²) >= 11 is 5.12. The van der Waals surface area contributed by atoms with Crippen LogP contribution in [0.15, 0.2) is 0 Å². The fourth-order valence-corrected chi connectivity index (χ4v) is 1.94. The van der Waals surface area contributed by atoms with Gasteiger partial charge in [-0.1, -0.05) is 19.3 Å². The van der Waals surface area contributed by atoms with Gasteiger partial charge in [0.15, 0.2) is 5.11 Å². The standard InChI is InChI=1S/C9H19N3S.ClH.Pt/c10-6-7-11-9(13)12-8-4-2-1-3-5-8;;/h8H,1-7,10H2,(H2,11,12,13);1H;/q;;+2. The van der Waals surface area contributed by atoms with Crippen molar-refractivity contribution >= 4 is 29.7 Å². The van der Waals surface area contributed by atoms with Crippen LogP contribution >= 0.6 is 24.6 Å². The molecule has 0 aliphatic heterocycles. The van der Waals surface area contributed by atoms with E-state index in [0.717, 1.165) is 11.7 Å². The van der Waals surface area contributed by atoms with Crippen molar-refractivity contribution in [2.75, 3.05) is 13.1 Å². The average Bonchev–Trinajstić information content (AvgIpc) is 2.16. The minimum Gasteiger partial charge on any atom is -0.361 e. The van der Waals surface area contributed by atoms with Crippen LogP contribution in [0, 0.1) is 0 Å². The van der Waals surface area contributed by atoms with Crippen molar-refractivity contribution in [1.82, 2.24) is 10.6 Å². The molecular weight excluding hydrogens is 413 g/mol. The van der Waals surface area contributed by atoms with Gasteiger partial charge in [-0.25, -0.2) is 0 Å². The minimum atomic E-state index is 0. The van der Waals surface area contributed by atoms with E-state index < -0.39 is 0 Å². The molecule has 0 amide bonds. The zero-order valence-electron chi connectivity index (χ0n) is 8.74. The number of thiocarbonyl (C=S) groups is 1. The summed E-state index contributed by atoms with van der Waals surface area (Å²) in [4.78, 5) is 0. The quantitative estimate of drug-likeness (QED) is 0.586. The van der Waals surface area contributed by atoms with Crippen molar-refractivity contribution in [3.05, 3.63) is 0 Å². The van der Waals surface area contributed by atoms with Gasteiger partial charge in [-0.15, -0.1) is 12.4 Å². The summed E-state index contributed by atoms with van der Waals surface area (Å²) in [5, 5.41) is 7.15. The normalized spacial score (nSPS) is 15.8. The Morgan fingerprint density at radius 3 is 2.40 bits per heavy atom. The molecule has 0 atom stereocenters. The van der Waals surface area contributed by atoms with Gasteiger partial charge in [0.25, 0.3) is 0 Å². The molecule has 0 unspecified atom stereocenters. The van der Waals surface area contributed by atoms with Crippen LogP contribution in [0.4, 0.5) is 0 Å². The van der Waals surface area contributed by atoms with Crippen LogP contribution in [-0.2, 0) is 21.1 Å². The third kappa shape index (κ3) is 8.44. The van der Waals surface area contributed by atoms with E-state index in [9.17, 15) is 0 Å². The van der Waals surface area contributed by atoms with Crippen molar-refractivity contribution in [1.29, 1.82) is 0 Å². The Morgan fingerprint density at radius 2 is 1.87 bits per heavy atom. The summed E-state index contributed by atoms with van der Waals surface area (Å²) in [6.45, 7) is 1.39. The van der Waals surface area contributed by atoms with Gasteiger partial charge in [-0.05, 0) is 25.1 Å². The predicted molar refractivity (Wildman–Crippen MR) is 66.9 cm³/mol. The fraction of sp³-hybridized carbons (Fsp3) is 0.889. The van der Waals surface area contributed by atoms with Crippen LogP contribution in [0.25, 0.3) is 0 Å². The molecule has 92 valence electrons. The molecule has 0 spiro atoms. The summed E-state index contributed by atoms with van der Waals surface area (Å²) in [7, 11) is 0. The minimum absolute atomic E-state index is 0. The molecule has 0 bridgehead atoms. The number of halogens is 1. The van der Waals surface area contributed by atoms with E-state index in [0.29, 0.717) is 12.6 Å². The van der Waals surface area contributed by atoms with Crippen molar-refractivity contribution in [2.24, 2.45) is 5.73 Å². The fourth-order valence-electron chi connectivity index (χ4n) is 1.67. The number of hydrogen-bond donors (Lipinski definition) is 3. The molecular formula is C9H20ClN3PtS+2. The van der Waals surface area contributed by atoms with Crippen LogP contribution in [0.1, 0.15) is 32.1 Å². The Balaban J connectivity index is 0. The third-order valence-electron chi connectivity index (χ3n) is 2.37. The first-order valence-electron chi connectivity index (χ1n) is 5.07. The molecule has 1 aliphatic rings. The zero-order chi connectivity index (χ0) is 9.52. The van der Waals surface area contributed by atoms with Crippen LogP contribution < -0.4 is 16.4 Å². The van der Waals surface area contributed by atoms with E-state index >= 15 is 0 Å². The summed E-state index contributed by atoms with van der Waals surface area (Å²) in [5.41, 5.74) is 5.36. The first-order valence-corrected chi connectivity index (χ1v) is 5.48. The largest absolute Gasteiger partial charge is 2.00 e.